The Morgan fingerprint density at radius 1 is 1.27 bits per heavy atom. The van der Waals surface area contributed by atoms with Crippen molar-refractivity contribution in [2.75, 3.05) is 14.2 Å². The molecule has 1 aromatic heterocycles. The summed E-state index contributed by atoms with van der Waals surface area (Å²) in [7, 11) is 3.12. The van der Waals surface area contributed by atoms with Gasteiger partial charge in [-0.15, -0.1) is 0 Å². The summed E-state index contributed by atoms with van der Waals surface area (Å²) in [6.07, 6.45) is 0. The molecule has 0 aliphatic heterocycles. The number of amides is 1. The smallest absolute Gasteiger partial charge is 0.254 e. The maximum absolute atomic E-state index is 12.4. The average molecular weight is 341 g/mol. The molecule has 5 nitrogen and oxygen atoms in total. The van der Waals surface area contributed by atoms with Gasteiger partial charge in [-0.05, 0) is 29.8 Å². The number of hydrogen-bond donors (Lipinski definition) is 1. The van der Waals surface area contributed by atoms with Gasteiger partial charge in [0.15, 0.2) is 11.5 Å². The molecule has 0 fully saturated rings. The van der Waals surface area contributed by atoms with E-state index in [-0.39, 0.29) is 22.0 Å². The molecule has 1 aromatic carbocycles. The molecule has 0 saturated carbocycles. The number of carbonyl (C=O) groups is 1. The Labute approximate surface area is 138 Å². The van der Waals surface area contributed by atoms with Crippen LogP contribution in [-0.2, 0) is 6.54 Å². The first-order valence-corrected chi connectivity index (χ1v) is 7.10. The van der Waals surface area contributed by atoms with E-state index in [9.17, 15) is 9.90 Å². The van der Waals surface area contributed by atoms with Gasteiger partial charge in [0.2, 0.25) is 0 Å². The number of aromatic nitrogens is 1. The molecule has 0 radical (unpaired) electrons. The van der Waals surface area contributed by atoms with Crippen LogP contribution >= 0.6 is 23.2 Å². The molecule has 2 aromatic rings. The Bertz CT molecular complexity index is 687. The van der Waals surface area contributed by atoms with Gasteiger partial charge in [-0.3, -0.25) is 4.79 Å². The zero-order chi connectivity index (χ0) is 16.3. The molecule has 0 bridgehead atoms. The Morgan fingerprint density at radius 2 is 1.91 bits per heavy atom. The monoisotopic (exact) mass is 340 g/mol. The van der Waals surface area contributed by atoms with E-state index in [0.717, 1.165) is 5.56 Å². The first-order chi connectivity index (χ1) is 10.4. The van der Waals surface area contributed by atoms with Crippen LogP contribution in [0.15, 0.2) is 30.3 Å². The van der Waals surface area contributed by atoms with Gasteiger partial charge in [0.05, 0.1) is 7.11 Å². The van der Waals surface area contributed by atoms with Gasteiger partial charge in [-0.25, -0.2) is 4.98 Å². The van der Waals surface area contributed by atoms with Crippen LogP contribution < -0.4 is 4.74 Å². The summed E-state index contributed by atoms with van der Waals surface area (Å²) in [6, 6.07) is 7.83. The van der Waals surface area contributed by atoms with Gasteiger partial charge >= 0.3 is 0 Å². The lowest BCUT2D eigenvalue weighted by Gasteiger charge is -2.18. The molecular formula is C15H14Cl2N2O3. The molecule has 1 amide bonds. The zero-order valence-electron chi connectivity index (χ0n) is 12.0. The van der Waals surface area contributed by atoms with Crippen LogP contribution in [0.5, 0.6) is 11.5 Å². The second-order valence-electron chi connectivity index (χ2n) is 4.67. The molecule has 0 spiro atoms. The van der Waals surface area contributed by atoms with Crippen molar-refractivity contribution >= 4 is 29.1 Å². The van der Waals surface area contributed by atoms with Crippen molar-refractivity contribution in [3.05, 3.63) is 51.8 Å². The fraction of sp³-hybridized carbons (Fsp3) is 0.200. The topological polar surface area (TPSA) is 62.7 Å². The van der Waals surface area contributed by atoms with Crippen LogP contribution in [0.4, 0.5) is 0 Å². The van der Waals surface area contributed by atoms with Crippen molar-refractivity contribution in [2.45, 2.75) is 6.54 Å². The molecule has 0 aliphatic carbocycles. The quantitative estimate of drug-likeness (QED) is 0.866. The van der Waals surface area contributed by atoms with Gasteiger partial charge in [0.1, 0.15) is 10.3 Å². The summed E-state index contributed by atoms with van der Waals surface area (Å²) in [5.74, 6) is 0.166. The zero-order valence-corrected chi connectivity index (χ0v) is 13.5. The summed E-state index contributed by atoms with van der Waals surface area (Å²) in [6.45, 7) is 0.340. The van der Waals surface area contributed by atoms with Crippen LogP contribution in [0.25, 0.3) is 0 Å². The van der Waals surface area contributed by atoms with E-state index in [4.69, 9.17) is 27.9 Å². The van der Waals surface area contributed by atoms with Gasteiger partial charge in [-0.1, -0.05) is 29.3 Å². The normalized spacial score (nSPS) is 10.4. The molecule has 7 heteroatoms. The van der Waals surface area contributed by atoms with Crippen LogP contribution in [-0.4, -0.2) is 35.1 Å². The van der Waals surface area contributed by atoms with Crippen molar-refractivity contribution in [3.8, 4) is 11.5 Å². The predicted molar refractivity (Wildman–Crippen MR) is 84.7 cm³/mol. The summed E-state index contributed by atoms with van der Waals surface area (Å²) in [5, 5.41) is 9.90. The minimum absolute atomic E-state index is 0.0490. The third-order valence-corrected chi connectivity index (χ3v) is 3.41. The Hall–Kier alpha value is -1.98. The number of phenols is 1. The molecule has 1 N–H and O–H groups in total. The Morgan fingerprint density at radius 3 is 2.50 bits per heavy atom. The lowest BCUT2D eigenvalue weighted by molar-refractivity contribution is 0.0785. The highest BCUT2D eigenvalue weighted by Gasteiger charge is 2.15. The first-order valence-electron chi connectivity index (χ1n) is 6.35. The number of ether oxygens (including phenoxy) is 1. The van der Waals surface area contributed by atoms with E-state index in [2.05, 4.69) is 4.98 Å². The van der Waals surface area contributed by atoms with E-state index in [1.165, 1.54) is 30.2 Å². The molecule has 116 valence electrons. The number of carbonyl (C=O) groups excluding carboxylic acids is 1. The summed E-state index contributed by atoms with van der Waals surface area (Å²) in [4.78, 5) is 17.7. The number of nitrogens with zero attached hydrogens (tertiary/aromatic N) is 2. The number of phenolic OH excluding ortho intramolecular Hbond substituents is 1. The maximum Gasteiger partial charge on any atom is 0.254 e. The SMILES string of the molecule is COc1cc(CN(C)C(=O)c2cc(Cl)nc(Cl)c2)ccc1O. The molecule has 0 aliphatic rings. The second-order valence-corrected chi connectivity index (χ2v) is 5.44. The highest BCUT2D eigenvalue weighted by atomic mass is 35.5. The third-order valence-electron chi connectivity index (χ3n) is 3.02. The van der Waals surface area contributed by atoms with Crippen molar-refractivity contribution in [1.29, 1.82) is 0 Å². The van der Waals surface area contributed by atoms with E-state index >= 15 is 0 Å². The molecule has 0 saturated heterocycles. The highest BCUT2D eigenvalue weighted by molar-refractivity contribution is 6.33. The van der Waals surface area contributed by atoms with Gasteiger partial charge in [-0.2, -0.15) is 0 Å². The van der Waals surface area contributed by atoms with Crippen molar-refractivity contribution in [1.82, 2.24) is 9.88 Å². The van der Waals surface area contributed by atoms with E-state index in [0.29, 0.717) is 17.9 Å². The third kappa shape index (κ3) is 3.81. The van der Waals surface area contributed by atoms with Gasteiger partial charge in [0.25, 0.3) is 5.91 Å². The molecular weight excluding hydrogens is 327 g/mol. The molecule has 0 unspecified atom stereocenters. The maximum atomic E-state index is 12.4. The van der Waals surface area contributed by atoms with E-state index in [1.54, 1.807) is 19.2 Å². The molecule has 1 heterocycles. The number of pyridine rings is 1. The van der Waals surface area contributed by atoms with Crippen molar-refractivity contribution < 1.29 is 14.6 Å². The minimum atomic E-state index is -0.238. The first kappa shape index (κ1) is 16.4. The number of methoxy groups -OCH3 is 1. The van der Waals surface area contributed by atoms with E-state index < -0.39 is 0 Å². The van der Waals surface area contributed by atoms with Crippen LogP contribution in [0, 0.1) is 0 Å². The second kappa shape index (κ2) is 6.85. The number of aromatic hydroxyl groups is 1. The van der Waals surface area contributed by atoms with Crippen LogP contribution in [0.3, 0.4) is 0 Å². The fourth-order valence-corrected chi connectivity index (χ4v) is 2.44. The number of hydrogen-bond acceptors (Lipinski definition) is 4. The molecule has 0 atom stereocenters. The van der Waals surface area contributed by atoms with E-state index in [1.807, 2.05) is 0 Å². The van der Waals surface area contributed by atoms with Gasteiger partial charge in [0, 0.05) is 19.2 Å². The highest BCUT2D eigenvalue weighted by Crippen LogP contribution is 2.27. The average Bonchev–Trinajstić information content (AvgIpc) is 2.47. The predicted octanol–water partition coefficient (Wildman–Crippen LogP) is 3.37. The largest absolute Gasteiger partial charge is 0.504 e. The number of benzene rings is 1. The fourth-order valence-electron chi connectivity index (χ4n) is 1.97. The Kier molecular flexibility index (Phi) is 5.11. The lowest BCUT2D eigenvalue weighted by atomic mass is 10.1. The number of halogens is 2. The lowest BCUT2D eigenvalue weighted by Crippen LogP contribution is -2.26. The minimum Gasteiger partial charge on any atom is -0.504 e. The van der Waals surface area contributed by atoms with Crippen molar-refractivity contribution in [3.63, 3.8) is 0 Å². The summed E-state index contributed by atoms with van der Waals surface area (Å²) < 4.78 is 5.05. The summed E-state index contributed by atoms with van der Waals surface area (Å²) >= 11 is 11.6. The summed E-state index contributed by atoms with van der Waals surface area (Å²) in [5.41, 5.74) is 1.18. The molecule has 2 rings (SSSR count). The standard InChI is InChI=1S/C15H14Cl2N2O3/c1-19(8-9-3-4-11(20)12(5-9)22-2)15(21)10-6-13(16)18-14(17)7-10/h3-7,20H,8H2,1-2H3. The number of rotatable bonds is 4. The van der Waals surface area contributed by atoms with Crippen LogP contribution in [0.2, 0.25) is 10.3 Å². The van der Waals surface area contributed by atoms with Gasteiger partial charge < -0.3 is 14.7 Å². The van der Waals surface area contributed by atoms with Crippen molar-refractivity contribution in [2.24, 2.45) is 0 Å². The Balaban J connectivity index is 2.17. The van der Waals surface area contributed by atoms with Crippen LogP contribution in [0.1, 0.15) is 15.9 Å². The molecule has 22 heavy (non-hydrogen) atoms.